The number of aromatic nitrogens is 4. The van der Waals surface area contributed by atoms with Crippen LogP contribution in [0.4, 0.5) is 0 Å². The van der Waals surface area contributed by atoms with Crippen LogP contribution in [0.15, 0.2) is 53.0 Å². The lowest BCUT2D eigenvalue weighted by Gasteiger charge is -2.05. The van der Waals surface area contributed by atoms with Crippen molar-refractivity contribution >= 4 is 15.9 Å². The molecule has 5 nitrogen and oxygen atoms in total. The summed E-state index contributed by atoms with van der Waals surface area (Å²) < 4.78 is 6.68. The van der Waals surface area contributed by atoms with Crippen LogP contribution < -0.4 is 4.74 Å². The zero-order valence-electron chi connectivity index (χ0n) is 13.7. The number of hydrogen-bond acceptors (Lipinski definition) is 4. The summed E-state index contributed by atoms with van der Waals surface area (Å²) in [5.41, 5.74) is 2.27. The lowest BCUT2D eigenvalue weighted by Crippen LogP contribution is -2.11. The van der Waals surface area contributed by atoms with Crippen LogP contribution in [0.1, 0.15) is 25.3 Å². The molecule has 0 fully saturated rings. The van der Waals surface area contributed by atoms with E-state index in [2.05, 4.69) is 57.3 Å². The second kappa shape index (κ2) is 7.57. The lowest BCUT2D eigenvalue weighted by atomic mass is 10.0. The predicted octanol–water partition coefficient (Wildman–Crippen LogP) is 4.31. The van der Waals surface area contributed by atoms with Gasteiger partial charge in [-0.1, -0.05) is 60.1 Å². The average Bonchev–Trinajstić information content (AvgIpc) is 3.04. The standard InChI is InChI=1S/C18H19BrN4O/c1-13(2)14-6-8-15(9-7-14)18-20-22-23(21-18)10-11-24-17-5-3-4-16(19)12-17/h3-9,12-13H,10-11H2,1-2H3. The molecule has 0 aliphatic heterocycles. The maximum atomic E-state index is 5.69. The fraction of sp³-hybridized carbons (Fsp3) is 0.278. The van der Waals surface area contributed by atoms with E-state index in [1.807, 2.05) is 36.4 Å². The number of benzene rings is 2. The summed E-state index contributed by atoms with van der Waals surface area (Å²) in [5, 5.41) is 12.6. The fourth-order valence-electron chi connectivity index (χ4n) is 2.27. The molecule has 24 heavy (non-hydrogen) atoms. The maximum absolute atomic E-state index is 5.69. The number of nitrogens with zero attached hydrogens (tertiary/aromatic N) is 4. The topological polar surface area (TPSA) is 52.8 Å². The Bertz CT molecular complexity index is 799. The molecule has 0 N–H and O–H groups in total. The molecule has 1 aromatic heterocycles. The fourth-order valence-corrected chi connectivity index (χ4v) is 2.65. The number of tetrazole rings is 1. The van der Waals surface area contributed by atoms with E-state index in [-0.39, 0.29) is 0 Å². The summed E-state index contributed by atoms with van der Waals surface area (Å²) in [4.78, 5) is 1.56. The molecule has 6 heteroatoms. The highest BCUT2D eigenvalue weighted by molar-refractivity contribution is 9.10. The molecule has 0 bridgehead atoms. The Morgan fingerprint density at radius 1 is 1.12 bits per heavy atom. The van der Waals surface area contributed by atoms with E-state index >= 15 is 0 Å². The molecule has 1 heterocycles. The third kappa shape index (κ3) is 4.20. The summed E-state index contributed by atoms with van der Waals surface area (Å²) >= 11 is 3.42. The van der Waals surface area contributed by atoms with Crippen molar-refractivity contribution in [2.24, 2.45) is 0 Å². The van der Waals surface area contributed by atoms with Crippen molar-refractivity contribution in [3.05, 3.63) is 58.6 Å². The summed E-state index contributed by atoms with van der Waals surface area (Å²) in [5.74, 6) is 1.96. The zero-order valence-corrected chi connectivity index (χ0v) is 15.3. The highest BCUT2D eigenvalue weighted by Crippen LogP contribution is 2.20. The number of halogens is 1. The van der Waals surface area contributed by atoms with Crippen molar-refractivity contribution < 1.29 is 4.74 Å². The third-order valence-corrected chi connectivity index (χ3v) is 4.14. The molecule has 0 spiro atoms. The Kier molecular flexibility index (Phi) is 5.25. The Morgan fingerprint density at radius 3 is 2.62 bits per heavy atom. The minimum absolute atomic E-state index is 0.485. The monoisotopic (exact) mass is 386 g/mol. The Hall–Kier alpha value is -2.21. The predicted molar refractivity (Wildman–Crippen MR) is 97.0 cm³/mol. The van der Waals surface area contributed by atoms with Gasteiger partial charge in [-0.25, -0.2) is 0 Å². The van der Waals surface area contributed by atoms with Gasteiger partial charge in [-0.3, -0.25) is 0 Å². The van der Waals surface area contributed by atoms with Crippen LogP contribution in [0.25, 0.3) is 11.4 Å². The van der Waals surface area contributed by atoms with Crippen molar-refractivity contribution in [3.63, 3.8) is 0 Å². The molecule has 2 aromatic carbocycles. The first kappa shape index (κ1) is 16.6. The first-order valence-corrected chi connectivity index (χ1v) is 8.67. The normalized spacial score (nSPS) is 11.0. The lowest BCUT2D eigenvalue weighted by molar-refractivity contribution is 0.280. The molecular formula is C18H19BrN4O. The van der Waals surface area contributed by atoms with E-state index in [0.717, 1.165) is 15.8 Å². The van der Waals surface area contributed by atoms with Crippen LogP contribution in [0.2, 0.25) is 0 Å². The van der Waals surface area contributed by atoms with Crippen molar-refractivity contribution in [3.8, 4) is 17.1 Å². The molecule has 0 unspecified atom stereocenters. The SMILES string of the molecule is CC(C)c1ccc(-c2nnn(CCOc3cccc(Br)c3)n2)cc1. The first-order chi connectivity index (χ1) is 11.6. The van der Waals surface area contributed by atoms with Gasteiger partial charge in [-0.15, -0.1) is 10.2 Å². The van der Waals surface area contributed by atoms with E-state index in [4.69, 9.17) is 4.74 Å². The van der Waals surface area contributed by atoms with Gasteiger partial charge in [-0.2, -0.15) is 4.80 Å². The van der Waals surface area contributed by atoms with E-state index in [1.54, 1.807) is 4.80 Å². The molecular weight excluding hydrogens is 368 g/mol. The van der Waals surface area contributed by atoms with Gasteiger partial charge < -0.3 is 4.74 Å². The van der Waals surface area contributed by atoms with Crippen LogP contribution in [0, 0.1) is 0 Å². The van der Waals surface area contributed by atoms with E-state index in [9.17, 15) is 0 Å². The summed E-state index contributed by atoms with van der Waals surface area (Å²) in [6.45, 7) is 5.38. The van der Waals surface area contributed by atoms with Crippen LogP contribution in [0.3, 0.4) is 0 Å². The van der Waals surface area contributed by atoms with Gasteiger partial charge in [-0.05, 0) is 34.9 Å². The molecule has 3 aromatic rings. The Labute approximate surface area is 149 Å². The summed E-state index contributed by atoms with van der Waals surface area (Å²) in [6.07, 6.45) is 0. The van der Waals surface area contributed by atoms with Crippen LogP contribution in [-0.4, -0.2) is 26.8 Å². The molecule has 124 valence electrons. The van der Waals surface area contributed by atoms with Crippen molar-refractivity contribution in [1.82, 2.24) is 20.2 Å². The largest absolute Gasteiger partial charge is 0.492 e. The minimum atomic E-state index is 0.485. The highest BCUT2D eigenvalue weighted by Gasteiger charge is 2.07. The van der Waals surface area contributed by atoms with Crippen LogP contribution in [0.5, 0.6) is 5.75 Å². The minimum Gasteiger partial charge on any atom is -0.492 e. The summed E-state index contributed by atoms with van der Waals surface area (Å²) in [7, 11) is 0. The highest BCUT2D eigenvalue weighted by atomic mass is 79.9. The van der Waals surface area contributed by atoms with Crippen LogP contribution >= 0.6 is 15.9 Å². The summed E-state index contributed by atoms with van der Waals surface area (Å²) in [6, 6.07) is 16.0. The van der Waals surface area contributed by atoms with Crippen molar-refractivity contribution in [2.45, 2.75) is 26.3 Å². The van der Waals surface area contributed by atoms with Gasteiger partial charge in [0.25, 0.3) is 0 Å². The molecule has 0 atom stereocenters. The molecule has 0 radical (unpaired) electrons. The molecule has 0 saturated carbocycles. The smallest absolute Gasteiger partial charge is 0.204 e. The van der Waals surface area contributed by atoms with Gasteiger partial charge in [0.05, 0.1) is 6.54 Å². The number of ether oxygens (including phenoxy) is 1. The molecule has 3 rings (SSSR count). The van der Waals surface area contributed by atoms with Gasteiger partial charge >= 0.3 is 0 Å². The average molecular weight is 387 g/mol. The molecule has 0 saturated heterocycles. The third-order valence-electron chi connectivity index (χ3n) is 3.64. The van der Waals surface area contributed by atoms with E-state index < -0.39 is 0 Å². The molecule has 0 amide bonds. The molecule has 0 aliphatic carbocycles. The van der Waals surface area contributed by atoms with Crippen LogP contribution in [-0.2, 0) is 6.54 Å². The number of rotatable bonds is 6. The Balaban J connectivity index is 1.59. The van der Waals surface area contributed by atoms with E-state index in [1.165, 1.54) is 5.56 Å². The first-order valence-electron chi connectivity index (χ1n) is 7.88. The van der Waals surface area contributed by atoms with Crippen molar-refractivity contribution in [2.75, 3.05) is 6.61 Å². The maximum Gasteiger partial charge on any atom is 0.204 e. The van der Waals surface area contributed by atoms with Gasteiger partial charge in [0, 0.05) is 10.0 Å². The van der Waals surface area contributed by atoms with Gasteiger partial charge in [0.2, 0.25) is 5.82 Å². The number of hydrogen-bond donors (Lipinski definition) is 0. The second-order valence-electron chi connectivity index (χ2n) is 5.79. The van der Waals surface area contributed by atoms with Gasteiger partial charge in [0.15, 0.2) is 0 Å². The zero-order chi connectivity index (χ0) is 16.9. The quantitative estimate of drug-likeness (QED) is 0.633. The van der Waals surface area contributed by atoms with Crippen molar-refractivity contribution in [1.29, 1.82) is 0 Å². The second-order valence-corrected chi connectivity index (χ2v) is 6.71. The van der Waals surface area contributed by atoms with E-state index in [0.29, 0.717) is 24.9 Å². The Morgan fingerprint density at radius 2 is 1.92 bits per heavy atom. The molecule has 0 aliphatic rings. The van der Waals surface area contributed by atoms with Gasteiger partial charge in [0.1, 0.15) is 12.4 Å².